The Balaban J connectivity index is 2.63. The zero-order valence-electron chi connectivity index (χ0n) is 10.9. The van der Waals surface area contributed by atoms with Crippen molar-refractivity contribution in [3.05, 3.63) is 29.3 Å². The number of hydrogen-bond acceptors (Lipinski definition) is 2. The van der Waals surface area contributed by atoms with Crippen molar-refractivity contribution in [1.82, 2.24) is 0 Å². The van der Waals surface area contributed by atoms with Crippen molar-refractivity contribution in [3.63, 3.8) is 0 Å². The maximum absolute atomic E-state index is 10.7. The molecule has 17 heavy (non-hydrogen) atoms. The lowest BCUT2D eigenvalue weighted by molar-refractivity contribution is -0.139. The monoisotopic (exact) mass is 236 g/mol. The van der Waals surface area contributed by atoms with Crippen LogP contribution in [0.3, 0.4) is 0 Å². The van der Waals surface area contributed by atoms with E-state index >= 15 is 0 Å². The Morgan fingerprint density at radius 3 is 2.24 bits per heavy atom. The number of hydrogen-bond donors (Lipinski definition) is 1. The van der Waals surface area contributed by atoms with Crippen molar-refractivity contribution in [2.75, 3.05) is 6.61 Å². The summed E-state index contributed by atoms with van der Waals surface area (Å²) < 4.78 is 5.67. The molecule has 0 aliphatic heterocycles. The molecule has 0 unspecified atom stereocenters. The molecule has 94 valence electrons. The van der Waals surface area contributed by atoms with Gasteiger partial charge in [-0.05, 0) is 37.1 Å². The van der Waals surface area contributed by atoms with Gasteiger partial charge >= 0.3 is 5.97 Å². The van der Waals surface area contributed by atoms with Crippen LogP contribution in [0, 0.1) is 19.3 Å². The zero-order chi connectivity index (χ0) is 13.1. The summed E-state index contributed by atoms with van der Waals surface area (Å²) in [5, 5.41) is 8.78. The van der Waals surface area contributed by atoms with Gasteiger partial charge in [-0.1, -0.05) is 19.9 Å². The molecule has 0 spiro atoms. The fraction of sp³-hybridized carbons (Fsp3) is 0.500. The second-order valence-electron chi connectivity index (χ2n) is 5.35. The van der Waals surface area contributed by atoms with Crippen LogP contribution in [0.15, 0.2) is 18.2 Å². The van der Waals surface area contributed by atoms with Gasteiger partial charge in [-0.15, -0.1) is 0 Å². The molecule has 1 aromatic carbocycles. The van der Waals surface area contributed by atoms with Gasteiger partial charge in [0.15, 0.2) is 0 Å². The highest BCUT2D eigenvalue weighted by atomic mass is 16.5. The molecule has 1 N–H and O–H groups in total. The van der Waals surface area contributed by atoms with Crippen molar-refractivity contribution in [1.29, 1.82) is 0 Å². The lowest BCUT2D eigenvalue weighted by atomic mass is 9.90. The number of rotatable bonds is 5. The van der Waals surface area contributed by atoms with E-state index in [0.29, 0.717) is 6.61 Å². The van der Waals surface area contributed by atoms with Crippen molar-refractivity contribution >= 4 is 5.97 Å². The summed E-state index contributed by atoms with van der Waals surface area (Å²) in [5.41, 5.74) is 1.94. The van der Waals surface area contributed by atoms with Gasteiger partial charge in [0, 0.05) is 5.41 Å². The highest BCUT2D eigenvalue weighted by Gasteiger charge is 2.22. The average molecular weight is 236 g/mol. The normalized spacial score (nSPS) is 11.3. The first-order valence-electron chi connectivity index (χ1n) is 5.71. The molecule has 0 amide bonds. The van der Waals surface area contributed by atoms with Crippen molar-refractivity contribution in [2.24, 2.45) is 5.41 Å². The Hall–Kier alpha value is -1.51. The molecule has 3 heteroatoms. The number of aliphatic carboxylic acids is 1. The second-order valence-corrected chi connectivity index (χ2v) is 5.35. The summed E-state index contributed by atoms with van der Waals surface area (Å²) >= 11 is 0. The minimum Gasteiger partial charge on any atom is -0.493 e. The summed E-state index contributed by atoms with van der Waals surface area (Å²) in [5.74, 6) is 0.0139. The Bertz CT molecular complexity index is 388. The standard InChI is InChI=1S/C14H20O3/c1-10-5-11(2)7-12(6-10)17-9-14(3,4)8-13(15)16/h5-7H,8-9H2,1-4H3,(H,15,16). The van der Waals surface area contributed by atoms with Crippen LogP contribution in [-0.4, -0.2) is 17.7 Å². The Kier molecular flexibility index (Phi) is 4.16. The average Bonchev–Trinajstić information content (AvgIpc) is 2.11. The maximum atomic E-state index is 10.7. The molecule has 0 aromatic heterocycles. The van der Waals surface area contributed by atoms with Crippen LogP contribution in [0.4, 0.5) is 0 Å². The fourth-order valence-electron chi connectivity index (χ4n) is 1.76. The molecule has 0 radical (unpaired) electrons. The zero-order valence-corrected chi connectivity index (χ0v) is 10.9. The van der Waals surface area contributed by atoms with Crippen molar-refractivity contribution in [2.45, 2.75) is 34.1 Å². The maximum Gasteiger partial charge on any atom is 0.304 e. The van der Waals surface area contributed by atoms with Gasteiger partial charge in [0.25, 0.3) is 0 Å². The van der Waals surface area contributed by atoms with Gasteiger partial charge < -0.3 is 9.84 Å². The number of aryl methyl sites for hydroxylation is 2. The largest absolute Gasteiger partial charge is 0.493 e. The molecular formula is C14H20O3. The summed E-state index contributed by atoms with van der Waals surface area (Å²) in [7, 11) is 0. The highest BCUT2D eigenvalue weighted by molar-refractivity contribution is 5.67. The third-order valence-corrected chi connectivity index (χ3v) is 2.45. The predicted molar refractivity (Wildman–Crippen MR) is 67.4 cm³/mol. The van der Waals surface area contributed by atoms with Crippen LogP contribution in [0.25, 0.3) is 0 Å². The first kappa shape index (κ1) is 13.6. The molecule has 1 rings (SSSR count). The van der Waals surface area contributed by atoms with E-state index in [0.717, 1.165) is 16.9 Å². The SMILES string of the molecule is Cc1cc(C)cc(OCC(C)(C)CC(=O)O)c1. The summed E-state index contributed by atoms with van der Waals surface area (Å²) in [6.07, 6.45) is 0.109. The Labute approximate surface area is 102 Å². The van der Waals surface area contributed by atoms with E-state index in [1.54, 1.807) is 0 Å². The third-order valence-electron chi connectivity index (χ3n) is 2.45. The van der Waals surface area contributed by atoms with Crippen LogP contribution in [-0.2, 0) is 4.79 Å². The fourth-order valence-corrected chi connectivity index (χ4v) is 1.76. The van der Waals surface area contributed by atoms with E-state index in [9.17, 15) is 4.79 Å². The Morgan fingerprint density at radius 2 is 1.76 bits per heavy atom. The van der Waals surface area contributed by atoms with Crippen molar-refractivity contribution in [3.8, 4) is 5.75 Å². The van der Waals surface area contributed by atoms with Gasteiger partial charge in [-0.25, -0.2) is 0 Å². The molecular weight excluding hydrogens is 216 g/mol. The van der Waals surface area contributed by atoms with Crippen LogP contribution >= 0.6 is 0 Å². The third kappa shape index (κ3) is 4.89. The van der Waals surface area contributed by atoms with E-state index in [-0.39, 0.29) is 11.8 Å². The summed E-state index contributed by atoms with van der Waals surface area (Å²) in [4.78, 5) is 10.7. The number of carboxylic acid groups (broad SMARTS) is 1. The van der Waals surface area contributed by atoms with Crippen LogP contribution in [0.1, 0.15) is 31.4 Å². The second kappa shape index (κ2) is 5.21. The number of benzene rings is 1. The molecule has 0 aliphatic carbocycles. The van der Waals surface area contributed by atoms with Crippen LogP contribution in [0.5, 0.6) is 5.75 Å². The molecule has 3 nitrogen and oxygen atoms in total. The minimum atomic E-state index is -0.793. The van der Waals surface area contributed by atoms with Gasteiger partial charge in [-0.3, -0.25) is 4.79 Å². The molecule has 0 saturated carbocycles. The Morgan fingerprint density at radius 1 is 1.24 bits per heavy atom. The number of carbonyl (C=O) groups is 1. The molecule has 0 aliphatic rings. The van der Waals surface area contributed by atoms with E-state index in [1.807, 2.05) is 39.8 Å². The molecule has 0 fully saturated rings. The predicted octanol–water partition coefficient (Wildman–Crippen LogP) is 3.18. The van der Waals surface area contributed by atoms with Gasteiger partial charge in [0.2, 0.25) is 0 Å². The lowest BCUT2D eigenvalue weighted by Gasteiger charge is -2.22. The van der Waals surface area contributed by atoms with E-state index in [1.165, 1.54) is 0 Å². The smallest absolute Gasteiger partial charge is 0.304 e. The summed E-state index contributed by atoms with van der Waals surface area (Å²) in [6, 6.07) is 6.00. The minimum absolute atomic E-state index is 0.109. The number of carboxylic acids is 1. The molecule has 0 atom stereocenters. The molecule has 0 saturated heterocycles. The van der Waals surface area contributed by atoms with Gasteiger partial charge in [-0.2, -0.15) is 0 Å². The first-order chi connectivity index (χ1) is 7.78. The quantitative estimate of drug-likeness (QED) is 0.854. The topological polar surface area (TPSA) is 46.5 Å². The van der Waals surface area contributed by atoms with E-state index < -0.39 is 5.97 Å². The summed E-state index contributed by atoms with van der Waals surface area (Å²) in [6.45, 7) is 8.22. The lowest BCUT2D eigenvalue weighted by Crippen LogP contribution is -2.24. The molecule has 1 aromatic rings. The molecule has 0 heterocycles. The first-order valence-corrected chi connectivity index (χ1v) is 5.71. The highest BCUT2D eigenvalue weighted by Crippen LogP contribution is 2.23. The van der Waals surface area contributed by atoms with E-state index in [4.69, 9.17) is 9.84 Å². The number of ether oxygens (including phenoxy) is 1. The van der Waals surface area contributed by atoms with Crippen molar-refractivity contribution < 1.29 is 14.6 Å². The molecule has 0 bridgehead atoms. The van der Waals surface area contributed by atoms with Gasteiger partial charge in [0.1, 0.15) is 5.75 Å². The van der Waals surface area contributed by atoms with Crippen LogP contribution < -0.4 is 4.74 Å². The van der Waals surface area contributed by atoms with E-state index in [2.05, 4.69) is 6.07 Å². The van der Waals surface area contributed by atoms with Gasteiger partial charge in [0.05, 0.1) is 13.0 Å². The van der Waals surface area contributed by atoms with Crippen LogP contribution in [0.2, 0.25) is 0 Å².